The molecular weight excluding hydrogens is 280 g/mol. The molecule has 1 aromatic carbocycles. The molecule has 0 aliphatic rings. The summed E-state index contributed by atoms with van der Waals surface area (Å²) >= 11 is 3.22. The van der Waals surface area contributed by atoms with Crippen molar-refractivity contribution < 1.29 is 8.42 Å². The van der Waals surface area contributed by atoms with Crippen LogP contribution in [0.4, 0.5) is 5.69 Å². The summed E-state index contributed by atoms with van der Waals surface area (Å²) in [7, 11) is -3.47. The van der Waals surface area contributed by atoms with E-state index in [2.05, 4.69) is 20.7 Å². The molecule has 0 aliphatic heterocycles. The monoisotopic (exact) mass is 292 g/mol. The minimum absolute atomic E-state index is 0.124. The molecule has 0 unspecified atom stereocenters. The Morgan fingerprint density at radius 2 is 2.13 bits per heavy atom. The van der Waals surface area contributed by atoms with Crippen molar-refractivity contribution in [1.82, 2.24) is 4.72 Å². The van der Waals surface area contributed by atoms with E-state index in [1.165, 1.54) is 6.07 Å². The molecule has 0 saturated carbocycles. The molecule has 0 aromatic heterocycles. The normalized spacial score (nSPS) is 11.6. The molecule has 0 heterocycles. The lowest BCUT2D eigenvalue weighted by atomic mass is 10.3. The topological polar surface area (TPSA) is 72.2 Å². The van der Waals surface area contributed by atoms with Crippen LogP contribution in [0.1, 0.15) is 13.3 Å². The number of nitrogens with two attached hydrogens (primary N) is 1. The van der Waals surface area contributed by atoms with Crippen LogP contribution >= 0.6 is 15.9 Å². The molecule has 1 rings (SSSR count). The molecular formula is C9H13BrN2O2S. The van der Waals surface area contributed by atoms with Crippen LogP contribution < -0.4 is 10.5 Å². The summed E-state index contributed by atoms with van der Waals surface area (Å²) in [4.78, 5) is 0.124. The average Bonchev–Trinajstić information content (AvgIpc) is 2.14. The number of halogens is 1. The Labute approximate surface area is 98.0 Å². The van der Waals surface area contributed by atoms with Gasteiger partial charge in [-0.3, -0.25) is 0 Å². The van der Waals surface area contributed by atoms with Crippen molar-refractivity contribution >= 4 is 31.6 Å². The van der Waals surface area contributed by atoms with E-state index in [9.17, 15) is 8.42 Å². The minimum atomic E-state index is -3.47. The van der Waals surface area contributed by atoms with Gasteiger partial charge in [-0.15, -0.1) is 0 Å². The molecule has 1 aromatic rings. The summed E-state index contributed by atoms with van der Waals surface area (Å²) in [5.74, 6) is 0. The van der Waals surface area contributed by atoms with Crippen LogP contribution in [0.2, 0.25) is 0 Å². The Bertz CT molecular complexity index is 445. The number of nitrogen functional groups attached to an aromatic ring is 1. The van der Waals surface area contributed by atoms with Crippen molar-refractivity contribution in [3.8, 4) is 0 Å². The van der Waals surface area contributed by atoms with Crippen molar-refractivity contribution in [2.75, 3.05) is 12.3 Å². The first-order chi connectivity index (χ1) is 6.97. The first kappa shape index (κ1) is 12.5. The highest BCUT2D eigenvalue weighted by molar-refractivity contribution is 9.10. The van der Waals surface area contributed by atoms with Gasteiger partial charge in [0.1, 0.15) is 4.90 Å². The van der Waals surface area contributed by atoms with E-state index in [-0.39, 0.29) is 10.6 Å². The van der Waals surface area contributed by atoms with Crippen LogP contribution in [0.15, 0.2) is 27.6 Å². The highest BCUT2D eigenvalue weighted by Crippen LogP contribution is 2.22. The predicted octanol–water partition coefficient (Wildman–Crippen LogP) is 1.72. The highest BCUT2D eigenvalue weighted by atomic mass is 79.9. The van der Waals surface area contributed by atoms with Crippen LogP contribution in [0.3, 0.4) is 0 Å². The molecule has 0 spiro atoms. The van der Waals surface area contributed by atoms with Crippen LogP contribution in [-0.4, -0.2) is 15.0 Å². The second kappa shape index (κ2) is 4.96. The summed E-state index contributed by atoms with van der Waals surface area (Å²) in [5, 5.41) is 0. The second-order valence-electron chi connectivity index (χ2n) is 3.08. The molecule has 0 radical (unpaired) electrons. The van der Waals surface area contributed by atoms with Gasteiger partial charge in [0.15, 0.2) is 0 Å². The molecule has 4 nitrogen and oxygen atoms in total. The quantitative estimate of drug-likeness (QED) is 0.830. The van der Waals surface area contributed by atoms with Gasteiger partial charge in [0.25, 0.3) is 0 Å². The standard InChI is InChI=1S/C9H13BrN2O2S/c1-2-5-12-15(13,14)9-4-3-7(10)6-8(9)11/h3-4,6,12H,2,5,11H2,1H3. The lowest BCUT2D eigenvalue weighted by Gasteiger charge is -2.08. The summed E-state index contributed by atoms with van der Waals surface area (Å²) in [6, 6.07) is 4.70. The van der Waals surface area contributed by atoms with Gasteiger partial charge >= 0.3 is 0 Å². The zero-order chi connectivity index (χ0) is 11.5. The Balaban J connectivity index is 3.05. The number of hydrogen-bond donors (Lipinski definition) is 2. The Kier molecular flexibility index (Phi) is 4.12. The molecule has 0 amide bonds. The van der Waals surface area contributed by atoms with Gasteiger partial charge in [-0.2, -0.15) is 0 Å². The molecule has 6 heteroatoms. The lowest BCUT2D eigenvalue weighted by molar-refractivity contribution is 0.581. The maximum absolute atomic E-state index is 11.7. The maximum Gasteiger partial charge on any atom is 0.242 e. The Hall–Kier alpha value is -0.590. The third kappa shape index (κ3) is 3.19. The summed E-state index contributed by atoms with van der Waals surface area (Å²) in [6.07, 6.45) is 0.746. The van der Waals surface area contributed by atoms with Crippen molar-refractivity contribution in [1.29, 1.82) is 0 Å². The van der Waals surface area contributed by atoms with Gasteiger partial charge in [-0.25, -0.2) is 13.1 Å². The van der Waals surface area contributed by atoms with Crippen molar-refractivity contribution in [2.24, 2.45) is 0 Å². The molecule has 0 saturated heterocycles. The summed E-state index contributed by atoms with van der Waals surface area (Å²) in [5.41, 5.74) is 5.87. The molecule has 3 N–H and O–H groups in total. The zero-order valence-corrected chi connectivity index (χ0v) is 10.7. The second-order valence-corrected chi connectivity index (χ2v) is 5.73. The Morgan fingerprint density at radius 3 is 2.67 bits per heavy atom. The van der Waals surface area contributed by atoms with Crippen LogP contribution in [-0.2, 0) is 10.0 Å². The van der Waals surface area contributed by atoms with E-state index in [1.807, 2.05) is 6.92 Å². The smallest absolute Gasteiger partial charge is 0.242 e. The number of benzene rings is 1. The van der Waals surface area contributed by atoms with Crippen molar-refractivity contribution in [3.63, 3.8) is 0 Å². The first-order valence-corrected chi connectivity index (χ1v) is 6.79. The maximum atomic E-state index is 11.7. The number of nitrogens with one attached hydrogen (secondary N) is 1. The molecule has 84 valence electrons. The first-order valence-electron chi connectivity index (χ1n) is 4.52. The molecule has 0 bridgehead atoms. The highest BCUT2D eigenvalue weighted by Gasteiger charge is 2.16. The van der Waals surface area contributed by atoms with Gasteiger partial charge in [-0.05, 0) is 24.6 Å². The van der Waals surface area contributed by atoms with E-state index >= 15 is 0 Å². The molecule has 0 atom stereocenters. The summed E-state index contributed by atoms with van der Waals surface area (Å²) < 4.78 is 26.7. The minimum Gasteiger partial charge on any atom is -0.398 e. The van der Waals surface area contributed by atoms with E-state index in [1.54, 1.807) is 12.1 Å². The van der Waals surface area contributed by atoms with Crippen LogP contribution in [0, 0.1) is 0 Å². The number of sulfonamides is 1. The SMILES string of the molecule is CCCNS(=O)(=O)c1ccc(Br)cc1N. The predicted molar refractivity (Wildman–Crippen MR) is 64.0 cm³/mol. The third-order valence-corrected chi connectivity index (χ3v) is 3.83. The molecule has 15 heavy (non-hydrogen) atoms. The largest absolute Gasteiger partial charge is 0.398 e. The summed E-state index contributed by atoms with van der Waals surface area (Å²) in [6.45, 7) is 2.31. The van der Waals surface area contributed by atoms with E-state index in [0.717, 1.165) is 10.9 Å². The third-order valence-electron chi connectivity index (χ3n) is 1.80. The van der Waals surface area contributed by atoms with Crippen molar-refractivity contribution in [2.45, 2.75) is 18.2 Å². The van der Waals surface area contributed by atoms with E-state index in [0.29, 0.717) is 6.54 Å². The van der Waals surface area contributed by atoms with Crippen LogP contribution in [0.25, 0.3) is 0 Å². The van der Waals surface area contributed by atoms with Gasteiger partial charge in [0.2, 0.25) is 10.0 Å². The van der Waals surface area contributed by atoms with Crippen LogP contribution in [0.5, 0.6) is 0 Å². The fourth-order valence-electron chi connectivity index (χ4n) is 1.08. The van der Waals surface area contributed by atoms with E-state index < -0.39 is 10.0 Å². The fraction of sp³-hybridized carbons (Fsp3) is 0.333. The average molecular weight is 293 g/mol. The number of anilines is 1. The lowest BCUT2D eigenvalue weighted by Crippen LogP contribution is -2.25. The fourth-order valence-corrected chi connectivity index (χ4v) is 2.70. The van der Waals surface area contributed by atoms with E-state index in [4.69, 9.17) is 5.73 Å². The van der Waals surface area contributed by atoms with Gasteiger partial charge in [0.05, 0.1) is 5.69 Å². The number of rotatable bonds is 4. The molecule has 0 aliphatic carbocycles. The molecule has 0 fully saturated rings. The van der Waals surface area contributed by atoms with Crippen molar-refractivity contribution in [3.05, 3.63) is 22.7 Å². The zero-order valence-electron chi connectivity index (χ0n) is 8.33. The number of hydrogen-bond acceptors (Lipinski definition) is 3. The van der Waals surface area contributed by atoms with Gasteiger partial charge in [0, 0.05) is 11.0 Å². The van der Waals surface area contributed by atoms with Gasteiger partial charge < -0.3 is 5.73 Å². The Morgan fingerprint density at radius 1 is 1.47 bits per heavy atom. The van der Waals surface area contributed by atoms with Gasteiger partial charge in [-0.1, -0.05) is 22.9 Å².